The third-order valence-electron chi connectivity index (χ3n) is 3.12. The van der Waals surface area contributed by atoms with Crippen molar-refractivity contribution in [2.75, 3.05) is 0 Å². The average molecular weight is 342 g/mol. The summed E-state index contributed by atoms with van der Waals surface area (Å²) in [5, 5.41) is 1.000. The van der Waals surface area contributed by atoms with Gasteiger partial charge in [0.1, 0.15) is 12.3 Å². The van der Waals surface area contributed by atoms with Gasteiger partial charge in [0.15, 0.2) is 0 Å². The third-order valence-corrected chi connectivity index (χ3v) is 3.90. The molecule has 0 aliphatic heterocycles. The number of hydrogen-bond acceptors (Lipinski definition) is 3. The molecule has 3 aromatic rings. The summed E-state index contributed by atoms with van der Waals surface area (Å²) in [5.41, 5.74) is 2.03. The molecule has 21 heavy (non-hydrogen) atoms. The van der Waals surface area contributed by atoms with Crippen LogP contribution in [0.5, 0.6) is 0 Å². The molecule has 0 bridgehead atoms. The molecule has 0 spiro atoms. The average Bonchev–Trinajstić information content (AvgIpc) is 2.53. The van der Waals surface area contributed by atoms with Gasteiger partial charge in [-0.1, -0.05) is 58.4 Å². The van der Waals surface area contributed by atoms with Crippen LogP contribution in [0.15, 0.2) is 65.1 Å². The Labute approximate surface area is 130 Å². The first-order valence-corrected chi connectivity index (χ1v) is 7.30. The first-order chi connectivity index (χ1) is 10.2. The maximum absolute atomic E-state index is 12.1. The van der Waals surface area contributed by atoms with Gasteiger partial charge < -0.3 is 4.74 Å². The molecule has 1 heterocycles. The van der Waals surface area contributed by atoms with Gasteiger partial charge in [0.2, 0.25) is 0 Å². The maximum Gasteiger partial charge on any atom is 0.357 e. The lowest BCUT2D eigenvalue weighted by Crippen LogP contribution is -2.07. The molecule has 0 unspecified atom stereocenters. The monoisotopic (exact) mass is 341 g/mol. The first kappa shape index (κ1) is 13.8. The molecule has 104 valence electrons. The highest BCUT2D eigenvalue weighted by Gasteiger charge is 2.10. The second-order valence-electron chi connectivity index (χ2n) is 4.56. The Balaban J connectivity index is 1.76. The van der Waals surface area contributed by atoms with Crippen molar-refractivity contribution in [1.29, 1.82) is 0 Å². The summed E-state index contributed by atoms with van der Waals surface area (Å²) in [6, 6.07) is 18.9. The van der Waals surface area contributed by atoms with Gasteiger partial charge in [0.05, 0.1) is 5.52 Å². The van der Waals surface area contributed by atoms with E-state index in [-0.39, 0.29) is 6.61 Å². The molecule has 1 aromatic heterocycles. The van der Waals surface area contributed by atoms with E-state index in [2.05, 4.69) is 20.9 Å². The maximum atomic E-state index is 12.1. The molecule has 0 N–H and O–H groups in total. The van der Waals surface area contributed by atoms with Gasteiger partial charge >= 0.3 is 5.97 Å². The number of rotatable bonds is 3. The zero-order valence-corrected chi connectivity index (χ0v) is 12.7. The predicted octanol–water partition coefficient (Wildman–Crippen LogP) is 4.35. The number of para-hydroxylation sites is 1. The zero-order valence-electron chi connectivity index (χ0n) is 11.1. The van der Waals surface area contributed by atoms with Gasteiger partial charge in [-0.3, -0.25) is 0 Å². The topological polar surface area (TPSA) is 39.2 Å². The lowest BCUT2D eigenvalue weighted by Gasteiger charge is -2.06. The van der Waals surface area contributed by atoms with Crippen molar-refractivity contribution in [2.45, 2.75) is 6.61 Å². The van der Waals surface area contributed by atoms with E-state index in [0.29, 0.717) is 5.69 Å². The van der Waals surface area contributed by atoms with Gasteiger partial charge in [-0.15, -0.1) is 0 Å². The Hall–Kier alpha value is -2.20. The summed E-state index contributed by atoms with van der Waals surface area (Å²) in [7, 11) is 0. The molecule has 0 amide bonds. The number of esters is 1. The van der Waals surface area contributed by atoms with E-state index in [4.69, 9.17) is 4.74 Å². The highest BCUT2D eigenvalue weighted by atomic mass is 79.9. The summed E-state index contributed by atoms with van der Waals surface area (Å²) >= 11 is 3.43. The number of ether oxygens (including phenoxy) is 1. The molecule has 3 nitrogen and oxygen atoms in total. The number of fused-ring (bicyclic) bond motifs is 1. The molecule has 0 atom stereocenters. The number of pyridine rings is 1. The van der Waals surface area contributed by atoms with Crippen LogP contribution in [0.25, 0.3) is 10.9 Å². The number of hydrogen-bond donors (Lipinski definition) is 0. The minimum absolute atomic E-state index is 0.217. The van der Waals surface area contributed by atoms with E-state index in [0.717, 1.165) is 20.9 Å². The molecule has 3 rings (SSSR count). The Morgan fingerprint density at radius 2 is 1.76 bits per heavy atom. The van der Waals surface area contributed by atoms with Crippen LogP contribution in [0.2, 0.25) is 0 Å². The van der Waals surface area contributed by atoms with Crippen molar-refractivity contribution in [3.8, 4) is 0 Å². The normalized spacial score (nSPS) is 10.5. The Morgan fingerprint density at radius 1 is 1.00 bits per heavy atom. The van der Waals surface area contributed by atoms with Crippen molar-refractivity contribution in [2.24, 2.45) is 0 Å². The highest BCUT2D eigenvalue weighted by molar-refractivity contribution is 9.10. The van der Waals surface area contributed by atoms with Gasteiger partial charge in [-0.05, 0) is 18.2 Å². The van der Waals surface area contributed by atoms with Crippen molar-refractivity contribution in [3.05, 3.63) is 76.4 Å². The predicted molar refractivity (Wildman–Crippen MR) is 85.0 cm³/mol. The number of nitrogens with zero attached hydrogens (tertiary/aromatic N) is 1. The van der Waals surface area contributed by atoms with E-state index in [1.54, 1.807) is 6.07 Å². The van der Waals surface area contributed by atoms with Gasteiger partial charge in [-0.2, -0.15) is 0 Å². The van der Waals surface area contributed by atoms with Crippen LogP contribution in [-0.2, 0) is 11.3 Å². The Morgan fingerprint density at radius 3 is 2.62 bits per heavy atom. The lowest BCUT2D eigenvalue weighted by molar-refractivity contribution is 0.0465. The van der Waals surface area contributed by atoms with Crippen molar-refractivity contribution >= 4 is 32.8 Å². The van der Waals surface area contributed by atoms with Crippen LogP contribution in [0.4, 0.5) is 0 Å². The number of carbonyl (C=O) groups is 1. The van der Waals surface area contributed by atoms with Gasteiger partial charge in [-0.25, -0.2) is 9.78 Å². The second kappa shape index (κ2) is 6.06. The van der Waals surface area contributed by atoms with Crippen LogP contribution in [-0.4, -0.2) is 11.0 Å². The number of benzene rings is 2. The molecule has 4 heteroatoms. The SMILES string of the molecule is O=C(OCc1ccccc1Br)c1ccc2ccccc2n1. The Bertz CT molecular complexity index is 801. The van der Waals surface area contributed by atoms with Gasteiger partial charge in [0.25, 0.3) is 0 Å². The van der Waals surface area contributed by atoms with E-state index >= 15 is 0 Å². The molecule has 0 aliphatic carbocycles. The van der Waals surface area contributed by atoms with Crippen molar-refractivity contribution in [3.63, 3.8) is 0 Å². The summed E-state index contributed by atoms with van der Waals surface area (Å²) in [6.45, 7) is 0.217. The van der Waals surface area contributed by atoms with Gasteiger partial charge in [0, 0.05) is 15.4 Å². The number of aromatic nitrogens is 1. The fourth-order valence-corrected chi connectivity index (χ4v) is 2.41. The fraction of sp³-hybridized carbons (Fsp3) is 0.0588. The molecular formula is C17H12BrNO2. The van der Waals surface area contributed by atoms with Crippen LogP contribution >= 0.6 is 15.9 Å². The molecule has 0 saturated heterocycles. The zero-order chi connectivity index (χ0) is 14.7. The minimum Gasteiger partial charge on any atom is -0.456 e. The summed E-state index contributed by atoms with van der Waals surface area (Å²) in [5.74, 6) is -0.420. The molecule has 0 radical (unpaired) electrons. The van der Waals surface area contributed by atoms with E-state index in [1.165, 1.54) is 0 Å². The number of carbonyl (C=O) groups excluding carboxylic acids is 1. The molecule has 0 aliphatic rings. The first-order valence-electron chi connectivity index (χ1n) is 6.50. The molecule has 0 fully saturated rings. The van der Waals surface area contributed by atoms with Crippen molar-refractivity contribution in [1.82, 2.24) is 4.98 Å². The van der Waals surface area contributed by atoms with E-state index in [1.807, 2.05) is 54.6 Å². The van der Waals surface area contributed by atoms with Crippen LogP contribution in [0.3, 0.4) is 0 Å². The largest absolute Gasteiger partial charge is 0.456 e. The summed E-state index contributed by atoms with van der Waals surface area (Å²) in [6.07, 6.45) is 0. The standard InChI is InChI=1S/C17H12BrNO2/c18-14-7-3-1-6-13(14)11-21-17(20)16-10-9-12-5-2-4-8-15(12)19-16/h1-10H,11H2. The Kier molecular flexibility index (Phi) is 3.97. The van der Waals surface area contributed by atoms with E-state index < -0.39 is 5.97 Å². The molecule has 0 saturated carbocycles. The quantitative estimate of drug-likeness (QED) is 0.664. The highest BCUT2D eigenvalue weighted by Crippen LogP contribution is 2.18. The summed E-state index contributed by atoms with van der Waals surface area (Å²) in [4.78, 5) is 16.4. The molecular weight excluding hydrogens is 330 g/mol. The van der Waals surface area contributed by atoms with E-state index in [9.17, 15) is 4.79 Å². The minimum atomic E-state index is -0.420. The molecule has 2 aromatic carbocycles. The van der Waals surface area contributed by atoms with Crippen LogP contribution in [0, 0.1) is 0 Å². The third kappa shape index (κ3) is 3.11. The summed E-state index contributed by atoms with van der Waals surface area (Å²) < 4.78 is 6.23. The fourth-order valence-electron chi connectivity index (χ4n) is 2.01. The second-order valence-corrected chi connectivity index (χ2v) is 5.41. The van der Waals surface area contributed by atoms with Crippen LogP contribution < -0.4 is 0 Å². The smallest absolute Gasteiger partial charge is 0.357 e. The lowest BCUT2D eigenvalue weighted by atomic mass is 10.2. The van der Waals surface area contributed by atoms with Crippen molar-refractivity contribution < 1.29 is 9.53 Å². The number of halogens is 1. The van der Waals surface area contributed by atoms with Crippen LogP contribution in [0.1, 0.15) is 16.1 Å².